The number of nitrogens with two attached hydrogens (primary N) is 1. The summed E-state index contributed by atoms with van der Waals surface area (Å²) in [7, 11) is 1.59. The molecule has 0 bridgehead atoms. The summed E-state index contributed by atoms with van der Waals surface area (Å²) in [5.41, 5.74) is 3.61. The molecule has 21 heavy (non-hydrogen) atoms. The third-order valence-electron chi connectivity index (χ3n) is 3.18. The van der Waals surface area contributed by atoms with Gasteiger partial charge in [0, 0.05) is 12.2 Å². The molecule has 0 saturated carbocycles. The predicted octanol–water partition coefficient (Wildman–Crippen LogP) is 2.71. The van der Waals surface area contributed by atoms with Crippen LogP contribution in [0.1, 0.15) is 19.8 Å². The molecule has 0 fully saturated rings. The van der Waals surface area contributed by atoms with Crippen molar-refractivity contribution in [2.45, 2.75) is 19.8 Å². The number of nitrogens with zero attached hydrogens (tertiary/aromatic N) is 3. The second-order valence-electron chi connectivity index (χ2n) is 4.56. The van der Waals surface area contributed by atoms with E-state index in [9.17, 15) is 0 Å². The molecule has 0 saturated heterocycles. The van der Waals surface area contributed by atoms with Crippen LogP contribution < -0.4 is 20.9 Å². The van der Waals surface area contributed by atoms with Crippen LogP contribution in [0.2, 0.25) is 0 Å². The number of nitrogen functional groups attached to an aromatic ring is 1. The van der Waals surface area contributed by atoms with Gasteiger partial charge in [0.1, 0.15) is 6.33 Å². The number of aromatic nitrogens is 2. The fourth-order valence-corrected chi connectivity index (χ4v) is 2.13. The molecule has 1 aromatic heterocycles. The molecule has 2 rings (SSSR count). The fraction of sp³-hybridized carbons (Fsp3) is 0.333. The first kappa shape index (κ1) is 15.1. The highest BCUT2D eigenvalue weighted by Crippen LogP contribution is 2.35. The molecule has 0 aliphatic rings. The van der Waals surface area contributed by atoms with Gasteiger partial charge in [0.2, 0.25) is 5.75 Å². The van der Waals surface area contributed by atoms with Gasteiger partial charge in [0.15, 0.2) is 11.6 Å². The number of benzene rings is 1. The molecule has 3 N–H and O–H groups in total. The average molecular weight is 287 g/mol. The molecule has 1 heterocycles. The van der Waals surface area contributed by atoms with Gasteiger partial charge < -0.3 is 15.1 Å². The summed E-state index contributed by atoms with van der Waals surface area (Å²) in [5, 5.41) is 0. The summed E-state index contributed by atoms with van der Waals surface area (Å²) in [6.45, 7) is 3.01. The van der Waals surface area contributed by atoms with E-state index in [1.54, 1.807) is 7.11 Å². The molecular weight excluding hydrogens is 266 g/mol. The number of para-hydroxylation sites is 1. The quantitative estimate of drug-likeness (QED) is 0.602. The van der Waals surface area contributed by atoms with Gasteiger partial charge in [0.25, 0.3) is 0 Å². The zero-order valence-corrected chi connectivity index (χ0v) is 12.4. The van der Waals surface area contributed by atoms with E-state index < -0.39 is 0 Å². The van der Waals surface area contributed by atoms with E-state index in [0.717, 1.165) is 25.1 Å². The van der Waals surface area contributed by atoms with Crippen LogP contribution in [0.3, 0.4) is 0 Å². The van der Waals surface area contributed by atoms with Crippen LogP contribution in [0, 0.1) is 0 Å². The van der Waals surface area contributed by atoms with E-state index in [1.165, 1.54) is 6.33 Å². The molecule has 6 nitrogen and oxygen atoms in total. The first-order valence-corrected chi connectivity index (χ1v) is 7.00. The predicted molar refractivity (Wildman–Crippen MR) is 84.8 cm³/mol. The summed E-state index contributed by atoms with van der Waals surface area (Å²) >= 11 is 0. The molecule has 0 atom stereocenters. The van der Waals surface area contributed by atoms with Crippen molar-refractivity contribution >= 4 is 17.3 Å². The van der Waals surface area contributed by atoms with Crippen molar-refractivity contribution in [2.24, 2.45) is 5.84 Å². The largest absolute Gasteiger partial charge is 0.490 e. The highest BCUT2D eigenvalue weighted by atomic mass is 16.5. The van der Waals surface area contributed by atoms with Crippen LogP contribution in [0.15, 0.2) is 36.7 Å². The third kappa shape index (κ3) is 3.41. The maximum absolute atomic E-state index is 5.50. The van der Waals surface area contributed by atoms with Gasteiger partial charge in [0.05, 0.1) is 7.11 Å². The lowest BCUT2D eigenvalue weighted by Crippen LogP contribution is -2.21. The van der Waals surface area contributed by atoms with Gasteiger partial charge in [-0.05, 0) is 18.6 Å². The minimum absolute atomic E-state index is 0.472. The fourth-order valence-electron chi connectivity index (χ4n) is 2.13. The smallest absolute Gasteiger partial charge is 0.206 e. The normalized spacial score (nSPS) is 10.2. The average Bonchev–Trinajstić information content (AvgIpc) is 2.55. The van der Waals surface area contributed by atoms with Gasteiger partial charge in [-0.2, -0.15) is 0 Å². The van der Waals surface area contributed by atoms with E-state index >= 15 is 0 Å². The topological polar surface area (TPSA) is 76.3 Å². The molecule has 2 aromatic rings. The van der Waals surface area contributed by atoms with Crippen molar-refractivity contribution in [2.75, 3.05) is 24.0 Å². The number of ether oxygens (including phenoxy) is 1. The van der Waals surface area contributed by atoms with Crippen LogP contribution in [-0.2, 0) is 0 Å². The summed E-state index contributed by atoms with van der Waals surface area (Å²) in [5.74, 6) is 7.22. The molecule has 0 spiro atoms. The molecule has 1 aromatic carbocycles. The number of unbranched alkanes of at least 4 members (excludes halogenated alkanes) is 1. The van der Waals surface area contributed by atoms with Gasteiger partial charge >= 0.3 is 0 Å². The van der Waals surface area contributed by atoms with Crippen LogP contribution >= 0.6 is 0 Å². The lowest BCUT2D eigenvalue weighted by atomic mass is 10.2. The van der Waals surface area contributed by atoms with E-state index in [4.69, 9.17) is 10.6 Å². The first-order chi connectivity index (χ1) is 10.3. The van der Waals surface area contributed by atoms with Gasteiger partial charge in [-0.1, -0.05) is 31.5 Å². The molecule has 0 unspecified atom stereocenters. The summed E-state index contributed by atoms with van der Waals surface area (Å²) in [6.07, 6.45) is 3.63. The number of hydrogen-bond donors (Lipinski definition) is 2. The van der Waals surface area contributed by atoms with Crippen molar-refractivity contribution in [3.8, 4) is 5.75 Å². The van der Waals surface area contributed by atoms with Crippen LogP contribution in [-0.4, -0.2) is 23.6 Å². The maximum Gasteiger partial charge on any atom is 0.206 e. The Morgan fingerprint density at radius 1 is 1.24 bits per heavy atom. The monoisotopic (exact) mass is 287 g/mol. The summed E-state index contributed by atoms with van der Waals surface area (Å²) in [4.78, 5) is 10.6. The van der Waals surface area contributed by atoms with Gasteiger partial charge in [-0.3, -0.25) is 0 Å². The number of hydrogen-bond acceptors (Lipinski definition) is 6. The Hall–Kier alpha value is -2.34. The molecule has 0 aliphatic heterocycles. The SMILES string of the molecule is CCCCN(c1ccccc1)c1ncnc(NN)c1OC. The second-order valence-corrected chi connectivity index (χ2v) is 4.56. The second kappa shape index (κ2) is 7.44. The lowest BCUT2D eigenvalue weighted by Gasteiger charge is -2.25. The van der Waals surface area contributed by atoms with Crippen molar-refractivity contribution < 1.29 is 4.74 Å². The standard InChI is InChI=1S/C15H21N5O/c1-3-4-10-20(12-8-6-5-7-9-12)15-13(21-2)14(19-16)17-11-18-15/h5-9,11H,3-4,10,16H2,1-2H3,(H,17,18,19). The van der Waals surface area contributed by atoms with E-state index in [1.807, 2.05) is 30.3 Å². The Balaban J connectivity index is 2.46. The molecule has 112 valence electrons. The van der Waals surface area contributed by atoms with Crippen molar-refractivity contribution in [3.63, 3.8) is 0 Å². The number of anilines is 3. The first-order valence-electron chi connectivity index (χ1n) is 7.00. The van der Waals surface area contributed by atoms with Gasteiger partial charge in [-0.15, -0.1) is 0 Å². The molecular formula is C15H21N5O. The van der Waals surface area contributed by atoms with Crippen LogP contribution in [0.4, 0.5) is 17.3 Å². The Bertz CT molecular complexity index is 561. The van der Waals surface area contributed by atoms with E-state index in [2.05, 4.69) is 27.2 Å². The highest BCUT2D eigenvalue weighted by molar-refractivity contribution is 5.71. The van der Waals surface area contributed by atoms with Gasteiger partial charge in [-0.25, -0.2) is 15.8 Å². The molecule has 6 heteroatoms. The Morgan fingerprint density at radius 3 is 2.62 bits per heavy atom. The zero-order chi connectivity index (χ0) is 15.1. The van der Waals surface area contributed by atoms with Crippen molar-refractivity contribution in [1.29, 1.82) is 0 Å². The minimum Gasteiger partial charge on any atom is -0.490 e. The number of hydrazine groups is 1. The van der Waals surface area contributed by atoms with E-state index in [-0.39, 0.29) is 0 Å². The zero-order valence-electron chi connectivity index (χ0n) is 12.4. The van der Waals surface area contributed by atoms with Crippen LogP contribution in [0.5, 0.6) is 5.75 Å². The molecule has 0 amide bonds. The number of nitrogens with one attached hydrogen (secondary N) is 1. The molecule has 0 aliphatic carbocycles. The number of methoxy groups -OCH3 is 1. The lowest BCUT2D eigenvalue weighted by molar-refractivity contribution is 0.413. The Morgan fingerprint density at radius 2 is 2.00 bits per heavy atom. The summed E-state index contributed by atoms with van der Waals surface area (Å²) in [6, 6.07) is 10.1. The van der Waals surface area contributed by atoms with Crippen molar-refractivity contribution in [1.82, 2.24) is 9.97 Å². The van der Waals surface area contributed by atoms with Crippen LogP contribution in [0.25, 0.3) is 0 Å². The Labute approximate surface area is 124 Å². The molecule has 0 radical (unpaired) electrons. The minimum atomic E-state index is 0.472. The number of rotatable bonds is 7. The summed E-state index contributed by atoms with van der Waals surface area (Å²) < 4.78 is 5.44. The Kier molecular flexibility index (Phi) is 5.34. The third-order valence-corrected chi connectivity index (χ3v) is 3.18. The van der Waals surface area contributed by atoms with Crippen molar-refractivity contribution in [3.05, 3.63) is 36.7 Å². The highest BCUT2D eigenvalue weighted by Gasteiger charge is 2.18. The maximum atomic E-state index is 5.50. The van der Waals surface area contributed by atoms with E-state index in [0.29, 0.717) is 17.4 Å².